The fourth-order valence-electron chi connectivity index (χ4n) is 4.33. The molecule has 4 aromatic rings. The average Bonchev–Trinajstić information content (AvgIpc) is 2.84. The lowest BCUT2D eigenvalue weighted by Gasteiger charge is -2.30. The third-order valence-electron chi connectivity index (χ3n) is 6.91. The fourth-order valence-corrected chi connectivity index (χ4v) is 4.33. The number of hydrogen-bond donors (Lipinski definition) is 2. The van der Waals surface area contributed by atoms with Gasteiger partial charge < -0.3 is 10.6 Å². The topological polar surface area (TPSA) is 49.8 Å². The van der Waals surface area contributed by atoms with Crippen molar-refractivity contribution in [3.63, 3.8) is 0 Å². The maximum absolute atomic E-state index is 4.29. The quantitative estimate of drug-likeness (QED) is 0.312. The SMILES string of the molecule is CNc1ccc(C(C)(C)c2ccc(C(C)(C)c3ccc(Nc4cc(C)ncn4)cc3)cc2)cc1. The second kappa shape index (κ2) is 9.30. The van der Waals surface area contributed by atoms with Crippen molar-refractivity contribution in [1.29, 1.82) is 0 Å². The highest BCUT2D eigenvalue weighted by Crippen LogP contribution is 2.36. The number of rotatable bonds is 7. The summed E-state index contributed by atoms with van der Waals surface area (Å²) in [7, 11) is 1.95. The van der Waals surface area contributed by atoms with Gasteiger partial charge in [0.1, 0.15) is 12.1 Å². The molecular formula is C30H34N4. The van der Waals surface area contributed by atoms with Crippen LogP contribution < -0.4 is 10.6 Å². The number of anilines is 3. The monoisotopic (exact) mass is 450 g/mol. The van der Waals surface area contributed by atoms with Gasteiger partial charge in [-0.15, -0.1) is 0 Å². The van der Waals surface area contributed by atoms with Gasteiger partial charge in [0.25, 0.3) is 0 Å². The summed E-state index contributed by atoms with van der Waals surface area (Å²) in [6.07, 6.45) is 1.58. The highest BCUT2D eigenvalue weighted by molar-refractivity contribution is 5.57. The van der Waals surface area contributed by atoms with E-state index in [9.17, 15) is 0 Å². The Hall–Kier alpha value is -3.66. The minimum atomic E-state index is -0.110. The van der Waals surface area contributed by atoms with Gasteiger partial charge in [0.15, 0.2) is 0 Å². The molecule has 0 spiro atoms. The van der Waals surface area contributed by atoms with Crippen LogP contribution in [0.4, 0.5) is 17.2 Å². The Kier molecular flexibility index (Phi) is 6.43. The second-order valence-electron chi connectivity index (χ2n) is 9.90. The van der Waals surface area contributed by atoms with Crippen LogP contribution >= 0.6 is 0 Å². The summed E-state index contributed by atoms with van der Waals surface area (Å²) in [6.45, 7) is 11.1. The molecule has 4 heteroatoms. The van der Waals surface area contributed by atoms with Crippen molar-refractivity contribution >= 4 is 17.2 Å². The van der Waals surface area contributed by atoms with Crippen LogP contribution in [0.3, 0.4) is 0 Å². The maximum atomic E-state index is 4.29. The number of benzene rings is 3. The molecule has 0 amide bonds. The number of hydrogen-bond acceptors (Lipinski definition) is 4. The van der Waals surface area contributed by atoms with Gasteiger partial charge in [-0.2, -0.15) is 0 Å². The molecule has 0 atom stereocenters. The van der Waals surface area contributed by atoms with Crippen LogP contribution in [0.25, 0.3) is 0 Å². The van der Waals surface area contributed by atoms with Crippen molar-refractivity contribution in [2.45, 2.75) is 45.4 Å². The first-order chi connectivity index (χ1) is 16.2. The zero-order valence-corrected chi connectivity index (χ0v) is 21.0. The normalized spacial score (nSPS) is 11.8. The van der Waals surface area contributed by atoms with Crippen molar-refractivity contribution in [1.82, 2.24) is 9.97 Å². The van der Waals surface area contributed by atoms with E-state index >= 15 is 0 Å². The van der Waals surface area contributed by atoms with E-state index in [2.05, 4.69) is 121 Å². The number of aryl methyl sites for hydroxylation is 1. The largest absolute Gasteiger partial charge is 0.388 e. The number of nitrogens with one attached hydrogen (secondary N) is 2. The van der Waals surface area contributed by atoms with E-state index in [1.165, 1.54) is 22.3 Å². The molecule has 2 N–H and O–H groups in total. The highest BCUT2D eigenvalue weighted by atomic mass is 15.0. The summed E-state index contributed by atoms with van der Waals surface area (Å²) < 4.78 is 0. The van der Waals surface area contributed by atoms with E-state index < -0.39 is 0 Å². The minimum Gasteiger partial charge on any atom is -0.388 e. The van der Waals surface area contributed by atoms with E-state index in [-0.39, 0.29) is 10.8 Å². The molecule has 0 saturated carbocycles. The average molecular weight is 451 g/mol. The Morgan fingerprint density at radius 2 is 1.00 bits per heavy atom. The van der Waals surface area contributed by atoms with Gasteiger partial charge in [-0.1, -0.05) is 76.2 Å². The molecule has 1 heterocycles. The van der Waals surface area contributed by atoms with Crippen LogP contribution in [0.1, 0.15) is 55.6 Å². The van der Waals surface area contributed by atoms with E-state index in [4.69, 9.17) is 0 Å². The lowest BCUT2D eigenvalue weighted by molar-refractivity contribution is 0.626. The molecule has 1 aromatic heterocycles. The van der Waals surface area contributed by atoms with Gasteiger partial charge in [0, 0.05) is 41.0 Å². The van der Waals surface area contributed by atoms with Crippen molar-refractivity contribution in [2.75, 3.05) is 17.7 Å². The predicted molar refractivity (Wildman–Crippen MR) is 143 cm³/mol. The van der Waals surface area contributed by atoms with E-state index in [0.29, 0.717) is 0 Å². The first-order valence-corrected chi connectivity index (χ1v) is 11.8. The molecule has 4 nitrogen and oxygen atoms in total. The molecule has 0 aliphatic heterocycles. The molecule has 34 heavy (non-hydrogen) atoms. The molecule has 4 rings (SSSR count). The molecule has 0 fully saturated rings. The molecule has 0 unspecified atom stereocenters. The first kappa shape index (κ1) is 23.5. The van der Waals surface area contributed by atoms with Gasteiger partial charge in [-0.3, -0.25) is 0 Å². The van der Waals surface area contributed by atoms with Crippen LogP contribution in [0.15, 0.2) is 85.2 Å². The Morgan fingerprint density at radius 3 is 1.41 bits per heavy atom. The zero-order valence-electron chi connectivity index (χ0n) is 21.0. The zero-order chi connectivity index (χ0) is 24.3. The Bertz CT molecular complexity index is 1240. The molecule has 0 aliphatic rings. The summed E-state index contributed by atoms with van der Waals surface area (Å²) in [4.78, 5) is 8.44. The Labute approximate surface area is 203 Å². The van der Waals surface area contributed by atoms with Gasteiger partial charge in [0.05, 0.1) is 0 Å². The van der Waals surface area contributed by atoms with Crippen LogP contribution in [0, 0.1) is 6.92 Å². The Morgan fingerprint density at radius 1 is 0.588 bits per heavy atom. The van der Waals surface area contributed by atoms with Gasteiger partial charge in [-0.05, 0) is 53.4 Å². The maximum Gasteiger partial charge on any atom is 0.133 e. The molecule has 0 saturated heterocycles. The summed E-state index contributed by atoms with van der Waals surface area (Å²) in [5.74, 6) is 0.804. The summed E-state index contributed by atoms with van der Waals surface area (Å²) >= 11 is 0. The smallest absolute Gasteiger partial charge is 0.133 e. The molecule has 0 aliphatic carbocycles. The third kappa shape index (κ3) is 4.81. The lowest BCUT2D eigenvalue weighted by atomic mass is 9.74. The highest BCUT2D eigenvalue weighted by Gasteiger charge is 2.26. The number of nitrogens with zero attached hydrogens (tertiary/aromatic N) is 2. The van der Waals surface area contributed by atoms with Gasteiger partial charge in [0.2, 0.25) is 0 Å². The third-order valence-corrected chi connectivity index (χ3v) is 6.91. The summed E-state index contributed by atoms with van der Waals surface area (Å²) in [5.41, 5.74) is 8.09. The molecular weight excluding hydrogens is 416 g/mol. The van der Waals surface area contributed by atoms with E-state index in [1.807, 2.05) is 20.0 Å². The predicted octanol–water partition coefficient (Wildman–Crippen LogP) is 7.22. The van der Waals surface area contributed by atoms with Crippen LogP contribution in [-0.4, -0.2) is 17.0 Å². The fraction of sp³-hybridized carbons (Fsp3) is 0.267. The van der Waals surface area contributed by atoms with Crippen molar-refractivity contribution in [3.8, 4) is 0 Å². The van der Waals surface area contributed by atoms with Crippen LogP contribution in [-0.2, 0) is 10.8 Å². The Balaban J connectivity index is 1.53. The second-order valence-corrected chi connectivity index (χ2v) is 9.90. The minimum absolute atomic E-state index is 0.0678. The van der Waals surface area contributed by atoms with Crippen LogP contribution in [0.5, 0.6) is 0 Å². The number of aromatic nitrogens is 2. The first-order valence-electron chi connectivity index (χ1n) is 11.8. The molecule has 174 valence electrons. The summed E-state index contributed by atoms with van der Waals surface area (Å²) in [5, 5.41) is 6.55. The van der Waals surface area contributed by atoms with Gasteiger partial charge >= 0.3 is 0 Å². The van der Waals surface area contributed by atoms with Crippen molar-refractivity contribution in [3.05, 3.63) is 113 Å². The lowest BCUT2D eigenvalue weighted by Crippen LogP contribution is -2.21. The van der Waals surface area contributed by atoms with E-state index in [0.717, 1.165) is 22.9 Å². The molecule has 3 aromatic carbocycles. The van der Waals surface area contributed by atoms with Gasteiger partial charge in [-0.25, -0.2) is 9.97 Å². The molecule has 0 bridgehead atoms. The van der Waals surface area contributed by atoms with Crippen molar-refractivity contribution < 1.29 is 0 Å². The van der Waals surface area contributed by atoms with E-state index in [1.54, 1.807) is 6.33 Å². The standard InChI is InChI=1S/C30H34N4/c1-21-19-28(33-20-32-21)34-27-17-13-25(14-18-27)30(4,5)23-9-7-22(8-10-23)29(2,3)24-11-15-26(31-6)16-12-24/h7-20,31H,1-6H3,(H,32,33,34). The summed E-state index contributed by atoms with van der Waals surface area (Å²) in [6, 6.07) is 28.3. The van der Waals surface area contributed by atoms with Crippen LogP contribution in [0.2, 0.25) is 0 Å². The van der Waals surface area contributed by atoms with Crippen molar-refractivity contribution in [2.24, 2.45) is 0 Å². The molecule has 0 radical (unpaired) electrons.